The Kier molecular flexibility index (Phi) is 3.87. The van der Waals surface area contributed by atoms with Crippen molar-refractivity contribution in [1.82, 2.24) is 19.5 Å². The normalized spacial score (nSPS) is 11.0. The van der Waals surface area contributed by atoms with Gasteiger partial charge in [-0.25, -0.2) is 9.97 Å². The van der Waals surface area contributed by atoms with Gasteiger partial charge in [-0.05, 0) is 36.4 Å². The van der Waals surface area contributed by atoms with Crippen LogP contribution in [-0.4, -0.2) is 19.5 Å². The molecule has 5 rings (SSSR count). The summed E-state index contributed by atoms with van der Waals surface area (Å²) in [6.45, 7) is 0. The van der Waals surface area contributed by atoms with Crippen molar-refractivity contribution < 1.29 is 8.83 Å². The highest BCUT2D eigenvalue weighted by Crippen LogP contribution is 2.39. The summed E-state index contributed by atoms with van der Waals surface area (Å²) >= 11 is 0. The topological polar surface area (TPSA) is 69.9 Å². The van der Waals surface area contributed by atoms with Gasteiger partial charge < -0.3 is 13.4 Å². The van der Waals surface area contributed by atoms with Crippen molar-refractivity contribution in [2.45, 2.75) is 0 Å². The van der Waals surface area contributed by atoms with Crippen molar-refractivity contribution in [2.24, 2.45) is 7.05 Å². The molecule has 0 aliphatic rings. The first-order chi connectivity index (χ1) is 13.8. The largest absolute Gasteiger partial charge is 0.441 e. The molecule has 0 aliphatic heterocycles. The summed E-state index contributed by atoms with van der Waals surface area (Å²) in [4.78, 5) is 13.3. The van der Waals surface area contributed by atoms with Gasteiger partial charge in [-0.1, -0.05) is 18.2 Å². The van der Waals surface area contributed by atoms with Crippen LogP contribution in [0.1, 0.15) is 0 Å². The van der Waals surface area contributed by atoms with Crippen molar-refractivity contribution in [1.29, 1.82) is 0 Å². The summed E-state index contributed by atoms with van der Waals surface area (Å²) in [7, 11) is 1.97. The average Bonchev–Trinajstić information content (AvgIpc) is 3.48. The monoisotopic (exact) mass is 368 g/mol. The van der Waals surface area contributed by atoms with Crippen LogP contribution >= 0.6 is 0 Å². The van der Waals surface area contributed by atoms with E-state index in [1.807, 2.05) is 72.4 Å². The maximum Gasteiger partial charge on any atom is 0.227 e. The molecule has 0 spiro atoms. The Hall–Kier alpha value is -3.93. The number of oxazole rings is 2. The van der Waals surface area contributed by atoms with Gasteiger partial charge in [0.15, 0.2) is 23.6 Å². The lowest BCUT2D eigenvalue weighted by Gasteiger charge is -2.02. The molecule has 6 nitrogen and oxygen atoms in total. The minimum atomic E-state index is 0.531. The predicted octanol–water partition coefficient (Wildman–Crippen LogP) is 5.06. The molecule has 0 fully saturated rings. The molecule has 0 amide bonds. The number of aromatic nitrogens is 4. The number of aryl methyl sites for hydroxylation is 1. The molecule has 0 unspecified atom stereocenters. The van der Waals surface area contributed by atoms with E-state index < -0.39 is 0 Å². The summed E-state index contributed by atoms with van der Waals surface area (Å²) in [5, 5.41) is 0. The van der Waals surface area contributed by atoms with Crippen LogP contribution in [0.3, 0.4) is 0 Å². The van der Waals surface area contributed by atoms with Gasteiger partial charge in [-0.2, -0.15) is 0 Å². The van der Waals surface area contributed by atoms with E-state index in [0.717, 1.165) is 16.8 Å². The quantitative estimate of drug-likeness (QED) is 0.443. The first-order valence-electron chi connectivity index (χ1n) is 8.83. The molecule has 0 radical (unpaired) electrons. The molecular formula is C22H16N4O2. The van der Waals surface area contributed by atoms with E-state index in [4.69, 9.17) is 13.8 Å². The van der Waals surface area contributed by atoms with Crippen LogP contribution in [0.4, 0.5) is 0 Å². The van der Waals surface area contributed by atoms with Gasteiger partial charge in [0.1, 0.15) is 5.69 Å². The van der Waals surface area contributed by atoms with Gasteiger partial charge in [-0.3, -0.25) is 4.98 Å². The van der Waals surface area contributed by atoms with E-state index >= 15 is 0 Å². The molecule has 28 heavy (non-hydrogen) atoms. The lowest BCUT2D eigenvalue weighted by Crippen LogP contribution is -1.91. The van der Waals surface area contributed by atoms with Crippen molar-refractivity contribution in [3.8, 4) is 45.6 Å². The van der Waals surface area contributed by atoms with E-state index in [1.165, 1.54) is 6.39 Å². The number of hydrogen-bond acceptors (Lipinski definition) is 5. The van der Waals surface area contributed by atoms with E-state index in [2.05, 4.69) is 9.97 Å². The highest BCUT2D eigenvalue weighted by atomic mass is 16.4. The minimum absolute atomic E-state index is 0.531. The Morgan fingerprint density at radius 1 is 0.821 bits per heavy atom. The molecule has 0 saturated carbocycles. The number of nitrogens with zero attached hydrogens (tertiary/aromatic N) is 4. The van der Waals surface area contributed by atoms with Gasteiger partial charge >= 0.3 is 0 Å². The number of hydrogen-bond donors (Lipinski definition) is 0. The Morgan fingerprint density at radius 3 is 2.39 bits per heavy atom. The summed E-state index contributed by atoms with van der Waals surface area (Å²) in [6, 6.07) is 17.5. The molecule has 136 valence electrons. The van der Waals surface area contributed by atoms with Crippen LogP contribution in [0, 0.1) is 0 Å². The second-order valence-electron chi connectivity index (χ2n) is 6.33. The van der Waals surface area contributed by atoms with Crippen LogP contribution in [0.2, 0.25) is 0 Å². The molecule has 0 aliphatic carbocycles. The van der Waals surface area contributed by atoms with Crippen LogP contribution < -0.4 is 0 Å². The molecule has 5 aromatic rings. The molecule has 4 aromatic heterocycles. The number of rotatable bonds is 4. The third-order valence-electron chi connectivity index (χ3n) is 4.56. The standard InChI is InChI=1S/C22H16N4O2/c1-26-13-5-8-17(26)20-19(25-22(28-20)16-6-3-2-4-7-16)21-18(24-14-27-21)15-9-11-23-12-10-15/h2-14H,1H3. The smallest absolute Gasteiger partial charge is 0.227 e. The summed E-state index contributed by atoms with van der Waals surface area (Å²) in [5.41, 5.74) is 4.02. The van der Waals surface area contributed by atoms with Crippen LogP contribution in [0.5, 0.6) is 0 Å². The first-order valence-corrected chi connectivity index (χ1v) is 8.83. The summed E-state index contributed by atoms with van der Waals surface area (Å²) in [5.74, 6) is 1.73. The molecular weight excluding hydrogens is 352 g/mol. The third-order valence-corrected chi connectivity index (χ3v) is 4.56. The Morgan fingerprint density at radius 2 is 1.64 bits per heavy atom. The maximum absolute atomic E-state index is 6.21. The lowest BCUT2D eigenvalue weighted by atomic mass is 10.1. The Balaban J connectivity index is 1.73. The fraction of sp³-hybridized carbons (Fsp3) is 0.0455. The first kappa shape index (κ1) is 16.3. The highest BCUT2D eigenvalue weighted by molar-refractivity contribution is 5.83. The van der Waals surface area contributed by atoms with Crippen molar-refractivity contribution in [3.63, 3.8) is 0 Å². The van der Waals surface area contributed by atoms with Crippen LogP contribution in [0.25, 0.3) is 45.6 Å². The summed E-state index contributed by atoms with van der Waals surface area (Å²) in [6.07, 6.45) is 6.85. The lowest BCUT2D eigenvalue weighted by molar-refractivity contribution is 0.566. The zero-order valence-electron chi connectivity index (χ0n) is 15.1. The van der Waals surface area contributed by atoms with Gasteiger partial charge in [-0.15, -0.1) is 0 Å². The van der Waals surface area contributed by atoms with Crippen LogP contribution in [0.15, 0.2) is 88.4 Å². The second kappa shape index (κ2) is 6.66. The SMILES string of the molecule is Cn1cccc1-c1oc(-c2ccccc2)nc1-c1ocnc1-c1ccncc1. The molecule has 0 N–H and O–H groups in total. The van der Waals surface area contributed by atoms with Gasteiger partial charge in [0.25, 0.3) is 0 Å². The molecule has 1 aromatic carbocycles. The van der Waals surface area contributed by atoms with E-state index in [-0.39, 0.29) is 0 Å². The third kappa shape index (κ3) is 2.72. The number of benzene rings is 1. The van der Waals surface area contributed by atoms with Crippen molar-refractivity contribution in [2.75, 3.05) is 0 Å². The van der Waals surface area contributed by atoms with Gasteiger partial charge in [0.05, 0.1) is 5.69 Å². The number of pyridine rings is 1. The Labute approximate surface area is 161 Å². The fourth-order valence-electron chi connectivity index (χ4n) is 3.18. The summed E-state index contributed by atoms with van der Waals surface area (Å²) < 4.78 is 14.0. The van der Waals surface area contributed by atoms with E-state index in [9.17, 15) is 0 Å². The van der Waals surface area contributed by atoms with Crippen LogP contribution in [-0.2, 0) is 7.05 Å². The van der Waals surface area contributed by atoms with Crippen molar-refractivity contribution in [3.05, 3.63) is 79.6 Å². The molecule has 0 saturated heterocycles. The van der Waals surface area contributed by atoms with Gasteiger partial charge in [0.2, 0.25) is 5.89 Å². The van der Waals surface area contributed by atoms with E-state index in [0.29, 0.717) is 28.8 Å². The Bertz CT molecular complexity index is 1220. The molecule has 0 bridgehead atoms. The average molecular weight is 368 g/mol. The predicted molar refractivity (Wildman–Crippen MR) is 105 cm³/mol. The molecule has 6 heteroatoms. The van der Waals surface area contributed by atoms with Crippen molar-refractivity contribution >= 4 is 0 Å². The molecule has 4 heterocycles. The zero-order valence-corrected chi connectivity index (χ0v) is 15.1. The minimum Gasteiger partial charge on any atom is -0.441 e. The molecule has 0 atom stereocenters. The maximum atomic E-state index is 6.21. The highest BCUT2D eigenvalue weighted by Gasteiger charge is 2.25. The zero-order chi connectivity index (χ0) is 18.9. The van der Waals surface area contributed by atoms with E-state index in [1.54, 1.807) is 12.4 Å². The van der Waals surface area contributed by atoms with Gasteiger partial charge in [0, 0.05) is 36.8 Å². The fourth-order valence-corrected chi connectivity index (χ4v) is 3.18. The second-order valence-corrected chi connectivity index (χ2v) is 6.33.